The second-order valence-electron chi connectivity index (χ2n) is 13.9. The Balaban J connectivity index is 1.43. The fourth-order valence-electron chi connectivity index (χ4n) is 7.15. The number of hydrogen-bond acceptors (Lipinski definition) is 6. The van der Waals surface area contributed by atoms with Gasteiger partial charge in [0.1, 0.15) is 11.5 Å². The van der Waals surface area contributed by atoms with Crippen LogP contribution >= 0.6 is 0 Å². The number of fused-ring (bicyclic) bond motifs is 2. The number of phenolic OH excluding ortho intramolecular Hbond substituents is 2. The molecule has 5 rings (SSSR count). The first-order chi connectivity index (χ1) is 24.1. The fraction of sp³-hybridized carbons (Fsp3) is 0.476. The molecule has 2 aromatic heterocycles. The molecular weight excluding hydrogens is 628 g/mol. The number of aromatic hydroxyl groups is 2. The highest BCUT2D eigenvalue weighted by Crippen LogP contribution is 2.30. The van der Waals surface area contributed by atoms with Gasteiger partial charge in [0.25, 0.3) is 22.2 Å². The van der Waals surface area contributed by atoms with Crippen molar-refractivity contribution in [3.05, 3.63) is 111 Å². The van der Waals surface area contributed by atoms with E-state index in [1.807, 2.05) is 24.3 Å². The van der Waals surface area contributed by atoms with Crippen LogP contribution in [0.1, 0.15) is 112 Å². The second-order valence-corrected chi connectivity index (χ2v) is 13.9. The van der Waals surface area contributed by atoms with E-state index < -0.39 is 22.2 Å². The molecule has 0 atom stereocenters. The SMILES string of the molecule is CCCCc1cc(CCn2c(=O)c3cc4c(=O)n(CCc5cc(CCCC)c(O)c(CCCC)c5)c(=O)c4cc3c2=O)cc(CCCC)c1O. The van der Waals surface area contributed by atoms with Gasteiger partial charge in [-0.15, -0.1) is 0 Å². The Morgan fingerprint density at radius 1 is 0.420 bits per heavy atom. The van der Waals surface area contributed by atoms with Gasteiger partial charge in [0.05, 0.1) is 21.5 Å². The lowest BCUT2D eigenvalue weighted by molar-refractivity contribution is 0.457. The molecule has 266 valence electrons. The summed E-state index contributed by atoms with van der Waals surface area (Å²) < 4.78 is 2.40. The molecule has 0 aliphatic carbocycles. The summed E-state index contributed by atoms with van der Waals surface area (Å²) in [4.78, 5) is 54.2. The van der Waals surface area contributed by atoms with Gasteiger partial charge in [-0.25, -0.2) is 0 Å². The zero-order chi connectivity index (χ0) is 35.9. The van der Waals surface area contributed by atoms with E-state index in [1.165, 1.54) is 21.3 Å². The van der Waals surface area contributed by atoms with Crippen molar-refractivity contribution < 1.29 is 10.2 Å². The Labute approximate surface area is 293 Å². The minimum absolute atomic E-state index is 0.148. The molecule has 8 heteroatoms. The van der Waals surface area contributed by atoms with Crippen LogP contribution in [0.5, 0.6) is 11.5 Å². The lowest BCUT2D eigenvalue weighted by Crippen LogP contribution is -2.27. The highest BCUT2D eigenvalue weighted by Gasteiger charge is 2.20. The number of hydrogen-bond donors (Lipinski definition) is 2. The molecule has 0 bridgehead atoms. The molecule has 5 aromatic rings. The molecule has 0 fully saturated rings. The van der Waals surface area contributed by atoms with Gasteiger partial charge in [-0.2, -0.15) is 0 Å². The molecule has 0 unspecified atom stereocenters. The van der Waals surface area contributed by atoms with Crippen molar-refractivity contribution in [2.45, 2.75) is 131 Å². The molecule has 0 saturated heterocycles. The molecule has 0 aliphatic rings. The zero-order valence-electron chi connectivity index (χ0n) is 30.2. The van der Waals surface area contributed by atoms with Crippen molar-refractivity contribution in [1.82, 2.24) is 9.13 Å². The second kappa shape index (κ2) is 16.5. The van der Waals surface area contributed by atoms with Crippen LogP contribution in [-0.4, -0.2) is 19.3 Å². The van der Waals surface area contributed by atoms with Crippen molar-refractivity contribution in [1.29, 1.82) is 0 Å². The van der Waals surface area contributed by atoms with Gasteiger partial charge in [-0.3, -0.25) is 28.3 Å². The van der Waals surface area contributed by atoms with Gasteiger partial charge in [-0.1, -0.05) is 77.6 Å². The number of rotatable bonds is 18. The molecule has 2 N–H and O–H groups in total. The number of aromatic nitrogens is 2. The van der Waals surface area contributed by atoms with Crippen molar-refractivity contribution in [3.8, 4) is 11.5 Å². The summed E-state index contributed by atoms with van der Waals surface area (Å²) in [5.41, 5.74) is 3.65. The van der Waals surface area contributed by atoms with Gasteiger partial charge >= 0.3 is 0 Å². The maximum atomic E-state index is 13.6. The summed E-state index contributed by atoms with van der Waals surface area (Å²) in [5, 5.41) is 22.4. The first-order valence-electron chi connectivity index (χ1n) is 18.7. The van der Waals surface area contributed by atoms with Crippen LogP contribution < -0.4 is 22.2 Å². The predicted molar refractivity (Wildman–Crippen MR) is 203 cm³/mol. The van der Waals surface area contributed by atoms with Gasteiger partial charge in [0, 0.05) is 13.1 Å². The number of nitrogens with zero attached hydrogens (tertiary/aromatic N) is 2. The van der Waals surface area contributed by atoms with Crippen molar-refractivity contribution >= 4 is 21.5 Å². The van der Waals surface area contributed by atoms with Gasteiger partial charge < -0.3 is 10.2 Å². The van der Waals surface area contributed by atoms with Crippen LogP contribution in [0.25, 0.3) is 21.5 Å². The van der Waals surface area contributed by atoms with Crippen molar-refractivity contribution in [2.24, 2.45) is 0 Å². The molecule has 8 nitrogen and oxygen atoms in total. The van der Waals surface area contributed by atoms with E-state index in [4.69, 9.17) is 0 Å². The zero-order valence-corrected chi connectivity index (χ0v) is 30.2. The summed E-state index contributed by atoms with van der Waals surface area (Å²) >= 11 is 0. The first kappa shape index (κ1) is 36.8. The number of phenols is 2. The van der Waals surface area contributed by atoms with Crippen molar-refractivity contribution in [3.63, 3.8) is 0 Å². The molecule has 0 amide bonds. The molecule has 0 spiro atoms. The van der Waals surface area contributed by atoms with Gasteiger partial charge in [-0.05, 0) is 110 Å². The first-order valence-corrected chi connectivity index (χ1v) is 18.7. The van der Waals surface area contributed by atoms with Crippen LogP contribution in [0.4, 0.5) is 0 Å². The topological polar surface area (TPSA) is 119 Å². The van der Waals surface area contributed by atoms with Gasteiger partial charge in [0.15, 0.2) is 0 Å². The summed E-state index contributed by atoms with van der Waals surface area (Å²) in [6, 6.07) is 10.8. The Kier molecular flexibility index (Phi) is 12.1. The van der Waals surface area contributed by atoms with Crippen molar-refractivity contribution in [2.75, 3.05) is 0 Å². The monoisotopic (exact) mass is 680 g/mol. The van der Waals surface area contributed by atoms with E-state index >= 15 is 0 Å². The van der Waals surface area contributed by atoms with Gasteiger partial charge in [0.2, 0.25) is 0 Å². The Morgan fingerprint density at radius 2 is 0.680 bits per heavy atom. The minimum atomic E-state index is -0.467. The average molecular weight is 681 g/mol. The van der Waals surface area contributed by atoms with E-state index in [1.54, 1.807) is 0 Å². The lowest BCUT2D eigenvalue weighted by Gasteiger charge is -2.13. The molecular formula is C42H52N2O6. The summed E-state index contributed by atoms with van der Waals surface area (Å²) in [6.45, 7) is 8.76. The largest absolute Gasteiger partial charge is 0.507 e. The van der Waals surface area contributed by atoms with E-state index in [0.717, 1.165) is 110 Å². The third kappa shape index (κ3) is 7.64. The normalized spacial score (nSPS) is 11.8. The average Bonchev–Trinajstić information content (AvgIpc) is 3.49. The molecule has 50 heavy (non-hydrogen) atoms. The van der Waals surface area contributed by atoms with E-state index in [2.05, 4.69) is 27.7 Å². The highest BCUT2D eigenvalue weighted by molar-refractivity contribution is 5.97. The number of unbranched alkanes of at least 4 members (excludes halogenated alkanes) is 4. The minimum Gasteiger partial charge on any atom is -0.507 e. The quantitative estimate of drug-likeness (QED) is 0.101. The predicted octanol–water partition coefficient (Wildman–Crippen LogP) is 7.18. The maximum absolute atomic E-state index is 13.6. The van der Waals surface area contributed by atoms with Crippen LogP contribution in [0.15, 0.2) is 55.6 Å². The molecule has 0 radical (unpaired) electrons. The van der Waals surface area contributed by atoms with E-state index in [-0.39, 0.29) is 34.6 Å². The standard InChI is InChI=1S/C42H52N2O6/c1-5-9-13-29-21-27(22-30(37(29)45)14-10-6-2)17-19-43-39(47)33-25-35-36(26-34(33)40(43)48)42(50)44(41(35)49)20-18-28-23-31(15-11-7-3)38(46)32(24-28)16-12-8-4/h21-26,45-46H,5-20H2,1-4H3. The Hall–Kier alpha value is -4.46. The number of aryl methyl sites for hydroxylation is 6. The smallest absolute Gasteiger partial charge is 0.261 e. The van der Waals surface area contributed by atoms with Crippen LogP contribution in [0.2, 0.25) is 0 Å². The maximum Gasteiger partial charge on any atom is 0.261 e. The third-order valence-corrected chi connectivity index (χ3v) is 10.2. The summed E-state index contributed by atoms with van der Waals surface area (Å²) in [6.07, 6.45) is 11.8. The summed E-state index contributed by atoms with van der Waals surface area (Å²) in [7, 11) is 0. The lowest BCUT2D eigenvalue weighted by atomic mass is 9.96. The summed E-state index contributed by atoms with van der Waals surface area (Å²) in [5.74, 6) is 0.705. The van der Waals surface area contributed by atoms with Crippen LogP contribution in [0.3, 0.4) is 0 Å². The molecule has 0 saturated carbocycles. The Morgan fingerprint density at radius 3 is 0.920 bits per heavy atom. The van der Waals surface area contributed by atoms with E-state index in [0.29, 0.717) is 24.3 Å². The Bertz CT molecular complexity index is 1890. The molecule has 0 aliphatic heterocycles. The molecule has 3 aromatic carbocycles. The molecule has 2 heterocycles. The number of benzene rings is 3. The highest BCUT2D eigenvalue weighted by atomic mass is 16.3. The fourth-order valence-corrected chi connectivity index (χ4v) is 7.15. The van der Waals surface area contributed by atoms with Crippen LogP contribution in [0, 0.1) is 0 Å². The van der Waals surface area contributed by atoms with Crippen LogP contribution in [-0.2, 0) is 51.6 Å². The van der Waals surface area contributed by atoms with E-state index in [9.17, 15) is 29.4 Å². The third-order valence-electron chi connectivity index (χ3n) is 10.2.